The number of Topliss-reactive ketones (excluding diaryl/α,β-unsaturated/α-hetero) is 1. The molecule has 2 aromatic carbocycles. The molecule has 0 aliphatic heterocycles. The van der Waals surface area contributed by atoms with Crippen LogP contribution in [0.15, 0.2) is 54.7 Å². The van der Waals surface area contributed by atoms with E-state index in [1.165, 1.54) is 6.07 Å². The predicted molar refractivity (Wildman–Crippen MR) is 120 cm³/mol. The largest absolute Gasteiger partial charge is 0.465 e. The number of halogens is 3. The number of carbonyl (C=O) groups is 3. The lowest BCUT2D eigenvalue weighted by molar-refractivity contribution is -0.137. The summed E-state index contributed by atoms with van der Waals surface area (Å²) in [5.41, 5.74) is 1.82. The molecule has 1 heterocycles. The number of alkyl halides is 3. The zero-order valence-electron chi connectivity index (χ0n) is 18.2. The van der Waals surface area contributed by atoms with Crippen molar-refractivity contribution in [2.45, 2.75) is 26.4 Å². The Morgan fingerprint density at radius 3 is 2.35 bits per heavy atom. The first-order valence-electron chi connectivity index (χ1n) is 10.0. The maximum Gasteiger partial charge on any atom is 0.416 e. The molecule has 3 aromatic rings. The van der Waals surface area contributed by atoms with Gasteiger partial charge in [-0.2, -0.15) is 13.2 Å². The number of rotatable bonds is 6. The monoisotopic (exact) mass is 471 g/mol. The smallest absolute Gasteiger partial charge is 0.416 e. The number of anilines is 2. The molecule has 0 saturated carbocycles. The first-order chi connectivity index (χ1) is 15.9. The number of amides is 2. The normalized spacial score (nSPS) is 11.1. The molecule has 1 aromatic heterocycles. The zero-order chi connectivity index (χ0) is 25.0. The summed E-state index contributed by atoms with van der Waals surface area (Å²) in [6, 6.07) is 10.6. The van der Waals surface area contributed by atoms with E-state index in [0.717, 1.165) is 28.5 Å². The third-order valence-electron chi connectivity index (χ3n) is 4.93. The van der Waals surface area contributed by atoms with Crippen molar-refractivity contribution in [1.29, 1.82) is 0 Å². The van der Waals surface area contributed by atoms with Gasteiger partial charge in [0.1, 0.15) is 0 Å². The molecule has 176 valence electrons. The van der Waals surface area contributed by atoms with Crippen LogP contribution in [-0.2, 0) is 11.0 Å². The number of hydrogen-bond acceptors (Lipinski definition) is 4. The second kappa shape index (κ2) is 9.74. The van der Waals surface area contributed by atoms with Crippen molar-refractivity contribution in [2.24, 2.45) is 0 Å². The lowest BCUT2D eigenvalue weighted by Crippen LogP contribution is -2.19. The Balaban J connectivity index is 1.80. The van der Waals surface area contributed by atoms with Crippen molar-refractivity contribution in [3.8, 4) is 11.1 Å². The summed E-state index contributed by atoms with van der Waals surface area (Å²) in [6.45, 7) is 3.76. The highest BCUT2D eigenvalue weighted by Gasteiger charge is 2.31. The number of pyridine rings is 1. The minimum atomic E-state index is -4.71. The minimum Gasteiger partial charge on any atom is -0.465 e. The van der Waals surface area contributed by atoms with Crippen molar-refractivity contribution in [2.75, 3.05) is 10.6 Å². The van der Waals surface area contributed by atoms with E-state index in [-0.39, 0.29) is 11.3 Å². The summed E-state index contributed by atoms with van der Waals surface area (Å²) in [5, 5.41) is 13.0. The number of aryl methyl sites for hydroxylation is 2. The molecule has 0 aliphatic carbocycles. The van der Waals surface area contributed by atoms with Gasteiger partial charge in [0, 0.05) is 23.0 Å². The van der Waals surface area contributed by atoms with E-state index in [1.807, 2.05) is 25.2 Å². The van der Waals surface area contributed by atoms with Gasteiger partial charge in [-0.15, -0.1) is 0 Å². The van der Waals surface area contributed by atoms with Crippen molar-refractivity contribution >= 4 is 29.2 Å². The van der Waals surface area contributed by atoms with E-state index in [1.54, 1.807) is 24.4 Å². The van der Waals surface area contributed by atoms with Crippen molar-refractivity contribution in [1.82, 2.24) is 4.98 Å². The molecular weight excluding hydrogens is 451 g/mol. The van der Waals surface area contributed by atoms with Gasteiger partial charge >= 0.3 is 12.3 Å². The molecule has 0 radical (unpaired) electrons. The quantitative estimate of drug-likeness (QED) is 0.316. The Morgan fingerprint density at radius 1 is 0.971 bits per heavy atom. The summed E-state index contributed by atoms with van der Waals surface area (Å²) >= 11 is 0. The highest BCUT2D eigenvalue weighted by Crippen LogP contribution is 2.34. The number of hydrogen-bond donors (Lipinski definition) is 3. The van der Waals surface area contributed by atoms with Gasteiger partial charge in [-0.1, -0.05) is 18.2 Å². The lowest BCUT2D eigenvalue weighted by atomic mass is 9.98. The van der Waals surface area contributed by atoms with E-state index in [4.69, 9.17) is 5.11 Å². The predicted octanol–water partition coefficient (Wildman–Crippen LogP) is 5.69. The van der Waals surface area contributed by atoms with Gasteiger partial charge in [-0.25, -0.2) is 4.79 Å². The molecule has 3 rings (SSSR count). The molecule has 0 fully saturated rings. The van der Waals surface area contributed by atoms with Crippen molar-refractivity contribution in [3.63, 3.8) is 0 Å². The Labute approximate surface area is 192 Å². The molecule has 0 spiro atoms. The van der Waals surface area contributed by atoms with E-state index in [2.05, 4.69) is 10.3 Å². The molecule has 0 saturated heterocycles. The van der Waals surface area contributed by atoms with Gasteiger partial charge in [-0.3, -0.25) is 19.9 Å². The molecule has 34 heavy (non-hydrogen) atoms. The van der Waals surface area contributed by atoms with Crippen LogP contribution in [0.2, 0.25) is 0 Å². The summed E-state index contributed by atoms with van der Waals surface area (Å²) in [4.78, 5) is 40.3. The standard InChI is InChI=1S/C24H20F3N3O4/c1-13-8-14(2)28-12-18(13)15-4-3-5-16(9-15)21(31)11-22(32)29-20-10-17(24(25,26)27)6-7-19(20)30-23(33)34/h3-10,12,30H,11H2,1-2H3,(H,29,32)(H,33,34). The van der Waals surface area contributed by atoms with Crippen LogP contribution in [0.3, 0.4) is 0 Å². The molecule has 3 N–H and O–H groups in total. The summed E-state index contributed by atoms with van der Waals surface area (Å²) in [7, 11) is 0. The van der Waals surface area contributed by atoms with Gasteiger partial charge < -0.3 is 10.4 Å². The molecule has 0 unspecified atom stereocenters. The molecule has 10 heteroatoms. The third-order valence-corrected chi connectivity index (χ3v) is 4.93. The van der Waals surface area contributed by atoms with Crippen LogP contribution < -0.4 is 10.6 Å². The number of nitrogens with one attached hydrogen (secondary N) is 2. The van der Waals surface area contributed by atoms with Gasteiger partial charge in [0.15, 0.2) is 5.78 Å². The fourth-order valence-electron chi connectivity index (χ4n) is 3.35. The summed E-state index contributed by atoms with van der Waals surface area (Å²) in [6.07, 6.45) is -5.20. The second-order valence-corrected chi connectivity index (χ2v) is 7.56. The van der Waals surface area contributed by atoms with Gasteiger partial charge in [-0.05, 0) is 55.3 Å². The van der Waals surface area contributed by atoms with Crippen LogP contribution in [0.25, 0.3) is 11.1 Å². The fourth-order valence-corrected chi connectivity index (χ4v) is 3.35. The van der Waals surface area contributed by atoms with E-state index in [0.29, 0.717) is 12.1 Å². The Kier molecular flexibility index (Phi) is 7.00. The number of carboxylic acid groups (broad SMARTS) is 1. The first kappa shape index (κ1) is 24.4. The number of aromatic nitrogens is 1. The van der Waals surface area contributed by atoms with Gasteiger partial charge in [0.05, 0.1) is 23.4 Å². The highest BCUT2D eigenvalue weighted by atomic mass is 19.4. The molecular formula is C24H20F3N3O4. The van der Waals surface area contributed by atoms with Crippen LogP contribution in [-0.4, -0.2) is 27.9 Å². The number of carbonyl (C=O) groups excluding carboxylic acids is 2. The molecule has 0 atom stereocenters. The van der Waals surface area contributed by atoms with Crippen LogP contribution in [0.1, 0.15) is 33.6 Å². The van der Waals surface area contributed by atoms with Gasteiger partial charge in [0.25, 0.3) is 0 Å². The van der Waals surface area contributed by atoms with Crippen molar-refractivity contribution in [3.05, 3.63) is 77.1 Å². The van der Waals surface area contributed by atoms with Crippen LogP contribution in [0.5, 0.6) is 0 Å². The van der Waals surface area contributed by atoms with Crippen LogP contribution >= 0.6 is 0 Å². The maximum absolute atomic E-state index is 13.1. The SMILES string of the molecule is Cc1cc(C)c(-c2cccc(C(=O)CC(=O)Nc3cc(C(F)(F)F)ccc3NC(=O)O)c2)cn1. The third kappa shape index (κ3) is 5.97. The number of benzene rings is 2. The average Bonchev–Trinajstić information content (AvgIpc) is 2.74. The van der Waals surface area contributed by atoms with E-state index in [9.17, 15) is 27.6 Å². The molecule has 7 nitrogen and oxygen atoms in total. The molecule has 2 amide bonds. The first-order valence-corrected chi connectivity index (χ1v) is 10.0. The zero-order valence-corrected chi connectivity index (χ0v) is 18.2. The van der Waals surface area contributed by atoms with Gasteiger partial charge in [0.2, 0.25) is 5.91 Å². The Bertz CT molecular complexity index is 1270. The molecule has 0 bridgehead atoms. The van der Waals surface area contributed by atoms with Crippen molar-refractivity contribution < 1.29 is 32.7 Å². The maximum atomic E-state index is 13.1. The van der Waals surface area contributed by atoms with E-state index >= 15 is 0 Å². The Hall–Kier alpha value is -4.21. The number of ketones is 1. The summed E-state index contributed by atoms with van der Waals surface area (Å²) < 4.78 is 39.2. The minimum absolute atomic E-state index is 0.237. The topological polar surface area (TPSA) is 108 Å². The highest BCUT2D eigenvalue weighted by molar-refractivity contribution is 6.12. The Morgan fingerprint density at radius 2 is 1.71 bits per heavy atom. The number of nitrogens with zero attached hydrogens (tertiary/aromatic N) is 1. The van der Waals surface area contributed by atoms with Crippen LogP contribution in [0, 0.1) is 13.8 Å². The van der Waals surface area contributed by atoms with Crippen LogP contribution in [0.4, 0.5) is 29.3 Å². The summed E-state index contributed by atoms with van der Waals surface area (Å²) in [5.74, 6) is -1.45. The average molecular weight is 471 g/mol. The molecule has 0 aliphatic rings. The van der Waals surface area contributed by atoms with E-state index < -0.39 is 41.6 Å². The second-order valence-electron chi connectivity index (χ2n) is 7.56. The fraction of sp³-hybridized carbons (Fsp3) is 0.167. The lowest BCUT2D eigenvalue weighted by Gasteiger charge is -2.14.